The second-order valence-corrected chi connectivity index (χ2v) is 17.8. The van der Waals surface area contributed by atoms with E-state index in [1.165, 1.54) is 39.0 Å². The third kappa shape index (κ3) is 5.52. The Morgan fingerprint density at radius 2 is 1.03 bits per heavy atom. The first-order valence-electron chi connectivity index (χ1n) is 22.2. The summed E-state index contributed by atoms with van der Waals surface area (Å²) >= 11 is 0. The van der Waals surface area contributed by atoms with Gasteiger partial charge in [-0.2, -0.15) is 0 Å². The third-order valence-corrected chi connectivity index (χ3v) is 14.2. The topological polar surface area (TPSA) is 64.5 Å². The normalized spacial score (nSPS) is 21.0. The predicted molar refractivity (Wildman–Crippen MR) is 253 cm³/mol. The number of hydrogen-bond donors (Lipinski definition) is 0. The monoisotopic (exact) mass is 811 g/mol. The minimum absolute atomic E-state index is 0.00854. The summed E-state index contributed by atoms with van der Waals surface area (Å²) in [5, 5.41) is 0. The number of aromatic nitrogens is 5. The molecule has 0 saturated heterocycles. The highest BCUT2D eigenvalue weighted by Gasteiger charge is 2.48. The van der Waals surface area contributed by atoms with Gasteiger partial charge in [0.1, 0.15) is 0 Å². The molecule has 0 N–H and O–H groups in total. The summed E-state index contributed by atoms with van der Waals surface area (Å²) in [6.07, 6.45) is 7.20. The first-order valence-corrected chi connectivity index (χ1v) is 22.2. The summed E-state index contributed by atoms with van der Waals surface area (Å²) in [6.45, 7) is 9.34. The summed E-state index contributed by atoms with van der Waals surface area (Å²) in [4.78, 5) is 27.4. The van der Waals surface area contributed by atoms with Crippen molar-refractivity contribution in [2.24, 2.45) is 17.8 Å². The molecule has 0 spiro atoms. The molecule has 6 aromatic carbocycles. The molecule has 302 valence electrons. The second kappa shape index (κ2) is 14.1. The van der Waals surface area contributed by atoms with E-state index in [0.29, 0.717) is 23.3 Å². The fourth-order valence-corrected chi connectivity index (χ4v) is 11.4. The van der Waals surface area contributed by atoms with Crippen molar-refractivity contribution < 1.29 is 0 Å². The van der Waals surface area contributed by atoms with Crippen molar-refractivity contribution in [1.82, 2.24) is 24.9 Å². The maximum absolute atomic E-state index is 5.56. The Morgan fingerprint density at radius 1 is 0.460 bits per heavy atom. The molecular formula is C58H45N5. The van der Waals surface area contributed by atoms with Crippen molar-refractivity contribution in [3.8, 4) is 56.5 Å². The minimum atomic E-state index is -0.619. The Kier molecular flexibility index (Phi) is 8.36. The Morgan fingerprint density at radius 3 is 1.70 bits per heavy atom. The molecule has 0 saturated carbocycles. The highest BCUT2D eigenvalue weighted by atomic mass is 15.0. The van der Waals surface area contributed by atoms with Gasteiger partial charge in [0.25, 0.3) is 0 Å². The molecule has 12 rings (SSSR count). The first-order chi connectivity index (χ1) is 30.8. The van der Waals surface area contributed by atoms with Gasteiger partial charge in [0.2, 0.25) is 0 Å². The molecule has 6 bridgehead atoms. The van der Waals surface area contributed by atoms with E-state index in [0.717, 1.165) is 44.8 Å². The van der Waals surface area contributed by atoms with Crippen LogP contribution in [0.2, 0.25) is 0 Å². The van der Waals surface area contributed by atoms with E-state index in [2.05, 4.69) is 204 Å². The quantitative estimate of drug-likeness (QED) is 0.166. The molecule has 3 heterocycles. The van der Waals surface area contributed by atoms with Gasteiger partial charge in [0.15, 0.2) is 23.3 Å². The van der Waals surface area contributed by atoms with E-state index in [9.17, 15) is 0 Å². The van der Waals surface area contributed by atoms with E-state index >= 15 is 0 Å². The van der Waals surface area contributed by atoms with E-state index in [1.54, 1.807) is 0 Å². The maximum atomic E-state index is 5.56. The average Bonchev–Trinajstić information content (AvgIpc) is 3.63. The summed E-state index contributed by atoms with van der Waals surface area (Å²) < 4.78 is 0. The molecule has 0 fully saturated rings. The zero-order chi connectivity index (χ0) is 42.5. The number of nitrogens with zero attached hydrogens (tertiary/aromatic N) is 5. The van der Waals surface area contributed by atoms with Crippen LogP contribution in [0.5, 0.6) is 0 Å². The van der Waals surface area contributed by atoms with Crippen LogP contribution in [0.15, 0.2) is 193 Å². The van der Waals surface area contributed by atoms with Gasteiger partial charge in [0.05, 0.1) is 16.8 Å². The van der Waals surface area contributed by atoms with Crippen LogP contribution in [0.3, 0.4) is 0 Å². The summed E-state index contributed by atoms with van der Waals surface area (Å²) in [7, 11) is 0. The highest BCUT2D eigenvalue weighted by Crippen LogP contribution is 2.59. The van der Waals surface area contributed by atoms with Gasteiger partial charge in [-0.25, -0.2) is 24.9 Å². The predicted octanol–water partition coefficient (Wildman–Crippen LogP) is 13.1. The van der Waals surface area contributed by atoms with Crippen LogP contribution in [-0.2, 0) is 10.8 Å². The fourth-order valence-electron chi connectivity index (χ4n) is 11.4. The van der Waals surface area contributed by atoms with Gasteiger partial charge in [-0.05, 0) is 75.9 Å². The van der Waals surface area contributed by atoms with Crippen molar-refractivity contribution in [3.63, 3.8) is 0 Å². The molecule has 4 atom stereocenters. The zero-order valence-electron chi connectivity index (χ0n) is 35.8. The smallest absolute Gasteiger partial charge is 0.164 e. The van der Waals surface area contributed by atoms with E-state index in [1.807, 2.05) is 6.07 Å². The van der Waals surface area contributed by atoms with Crippen molar-refractivity contribution in [3.05, 3.63) is 227 Å². The highest BCUT2D eigenvalue weighted by molar-refractivity contribution is 5.94. The van der Waals surface area contributed by atoms with Crippen molar-refractivity contribution >= 4 is 5.57 Å². The Hall–Kier alpha value is -7.37. The van der Waals surface area contributed by atoms with Crippen LogP contribution in [0.25, 0.3) is 62.1 Å². The van der Waals surface area contributed by atoms with Gasteiger partial charge in [-0.15, -0.1) is 0 Å². The fraction of sp³-hybridized carbons (Fsp3) is 0.155. The average molecular weight is 812 g/mol. The van der Waals surface area contributed by atoms with Crippen molar-refractivity contribution in [2.75, 3.05) is 0 Å². The summed E-state index contributed by atoms with van der Waals surface area (Å²) in [5.74, 6) is 3.11. The largest absolute Gasteiger partial charge is 0.232 e. The second-order valence-electron chi connectivity index (χ2n) is 17.8. The van der Waals surface area contributed by atoms with Crippen LogP contribution >= 0.6 is 0 Å². The molecule has 0 radical (unpaired) electrons. The molecule has 8 aromatic rings. The number of allylic oxidation sites excluding steroid dienone is 6. The summed E-state index contributed by atoms with van der Waals surface area (Å²) in [5.41, 5.74) is 15.5. The zero-order valence-corrected chi connectivity index (χ0v) is 35.8. The SMILES string of the molecule is CC1C=CC2(C)C3=C1C(C)C=C(c1nc(-c4ccccc4)nc(n1)-c1cc4c(cc1-c1cc2nc(-c2ccccc2)n1)C(c1ccccc1)(c1ccccc1)c1ccccc1-4)C3C. The van der Waals surface area contributed by atoms with Gasteiger partial charge < -0.3 is 0 Å². The van der Waals surface area contributed by atoms with Crippen LogP contribution in [-0.4, -0.2) is 24.9 Å². The van der Waals surface area contributed by atoms with Gasteiger partial charge in [0, 0.05) is 39.2 Å². The van der Waals surface area contributed by atoms with Gasteiger partial charge in [-0.3, -0.25) is 0 Å². The van der Waals surface area contributed by atoms with E-state index in [4.69, 9.17) is 24.9 Å². The van der Waals surface area contributed by atoms with E-state index < -0.39 is 10.8 Å². The molecule has 5 nitrogen and oxygen atoms in total. The molecule has 3 aliphatic carbocycles. The van der Waals surface area contributed by atoms with Crippen LogP contribution in [0, 0.1) is 17.8 Å². The van der Waals surface area contributed by atoms with Crippen LogP contribution < -0.4 is 0 Å². The molecule has 4 aliphatic rings. The van der Waals surface area contributed by atoms with Crippen molar-refractivity contribution in [2.45, 2.75) is 38.5 Å². The van der Waals surface area contributed by atoms with Crippen LogP contribution in [0.1, 0.15) is 61.5 Å². The Bertz CT molecular complexity index is 3190. The molecule has 0 amide bonds. The van der Waals surface area contributed by atoms with Gasteiger partial charge in [-0.1, -0.05) is 190 Å². The molecular weight excluding hydrogens is 767 g/mol. The molecule has 4 unspecified atom stereocenters. The third-order valence-electron chi connectivity index (χ3n) is 14.2. The first kappa shape index (κ1) is 37.4. The standard InChI is InChI=1S/C58H45N5/c1-35-29-30-57(4)50-34-49(59-53(60-50)38-19-9-5-10-20-38)45-33-48-44(42-27-17-18-28-47(42)58(48,40-23-13-7-14-24-40)41-25-15-8-16-26-41)32-46(45)56-62-54(39-21-11-6-12-22-39)61-55(63-56)43-31-36(2)51(35)52(57)37(43)3/h5-37H,1-4H3. The lowest BCUT2D eigenvalue weighted by Gasteiger charge is -2.44. The summed E-state index contributed by atoms with van der Waals surface area (Å²) in [6, 6.07) is 58.6. The number of hydrogen-bond acceptors (Lipinski definition) is 5. The lowest BCUT2D eigenvalue weighted by molar-refractivity contribution is 0.523. The molecule has 2 aromatic heterocycles. The number of benzene rings is 6. The number of fused-ring (bicyclic) bond motifs is 13. The lowest BCUT2D eigenvalue weighted by Crippen LogP contribution is -2.36. The number of rotatable bonds is 4. The lowest BCUT2D eigenvalue weighted by atomic mass is 9.60. The molecule has 1 aliphatic heterocycles. The van der Waals surface area contributed by atoms with Gasteiger partial charge >= 0.3 is 0 Å². The van der Waals surface area contributed by atoms with Crippen LogP contribution in [0.4, 0.5) is 0 Å². The minimum Gasteiger partial charge on any atom is -0.232 e. The maximum Gasteiger partial charge on any atom is 0.164 e. The molecule has 63 heavy (non-hydrogen) atoms. The van der Waals surface area contributed by atoms with E-state index in [-0.39, 0.29) is 17.8 Å². The Balaban J connectivity index is 1.26. The molecule has 5 heteroatoms. The van der Waals surface area contributed by atoms with Crippen molar-refractivity contribution in [1.29, 1.82) is 0 Å². The Labute approximate surface area is 368 Å².